The molecule has 1 fully saturated rings. The van der Waals surface area contributed by atoms with Crippen LogP contribution in [0.5, 0.6) is 5.75 Å². The van der Waals surface area contributed by atoms with Gasteiger partial charge in [0.25, 0.3) is 10.0 Å². The van der Waals surface area contributed by atoms with Gasteiger partial charge in [0.1, 0.15) is 11.6 Å². The molecule has 0 atom stereocenters. The first-order valence-corrected chi connectivity index (χ1v) is 12.5. The van der Waals surface area contributed by atoms with Crippen LogP contribution in [0.3, 0.4) is 0 Å². The van der Waals surface area contributed by atoms with E-state index in [-0.39, 0.29) is 4.90 Å². The maximum Gasteiger partial charge on any atom is 0.262 e. The lowest BCUT2D eigenvalue weighted by Gasteiger charge is -2.27. The first kappa shape index (κ1) is 23.8. The summed E-state index contributed by atoms with van der Waals surface area (Å²) in [5.41, 5.74) is 3.55. The summed E-state index contributed by atoms with van der Waals surface area (Å²) in [7, 11) is -2.18. The van der Waals surface area contributed by atoms with Crippen LogP contribution in [0.2, 0.25) is 0 Å². The van der Waals surface area contributed by atoms with E-state index in [0.717, 1.165) is 30.0 Å². The van der Waals surface area contributed by atoms with Crippen molar-refractivity contribution >= 4 is 33.2 Å². The zero-order valence-electron chi connectivity index (χ0n) is 19.8. The Balaban J connectivity index is 1.49. The fourth-order valence-electron chi connectivity index (χ4n) is 3.78. The van der Waals surface area contributed by atoms with Crippen LogP contribution in [0.4, 0.5) is 23.1 Å². The molecule has 0 radical (unpaired) electrons. The summed E-state index contributed by atoms with van der Waals surface area (Å²) in [6, 6.07) is 12.1. The fourth-order valence-corrected chi connectivity index (χ4v) is 5.14. The molecule has 0 amide bonds. The molecule has 0 saturated carbocycles. The molecule has 1 saturated heterocycles. The van der Waals surface area contributed by atoms with E-state index in [4.69, 9.17) is 9.47 Å². The van der Waals surface area contributed by atoms with Gasteiger partial charge >= 0.3 is 0 Å². The highest BCUT2D eigenvalue weighted by atomic mass is 32.2. The van der Waals surface area contributed by atoms with Gasteiger partial charge in [0.15, 0.2) is 0 Å². The van der Waals surface area contributed by atoms with Gasteiger partial charge in [0, 0.05) is 36.2 Å². The molecule has 2 aromatic carbocycles. The molecule has 0 aliphatic carbocycles. The molecule has 1 aromatic heterocycles. The van der Waals surface area contributed by atoms with Gasteiger partial charge < -0.3 is 19.7 Å². The molecule has 34 heavy (non-hydrogen) atoms. The first-order chi connectivity index (χ1) is 16.3. The normalized spacial score (nSPS) is 14.1. The summed E-state index contributed by atoms with van der Waals surface area (Å²) in [6.07, 6.45) is 0. The number of nitrogens with one attached hydrogen (secondary N) is 2. The Morgan fingerprint density at radius 3 is 2.29 bits per heavy atom. The number of sulfonamides is 1. The maximum atomic E-state index is 13.0. The summed E-state index contributed by atoms with van der Waals surface area (Å²) in [6.45, 7) is 8.37. The molecule has 0 spiro atoms. The molecule has 1 aliphatic rings. The van der Waals surface area contributed by atoms with E-state index in [1.165, 1.54) is 0 Å². The predicted molar refractivity (Wildman–Crippen MR) is 133 cm³/mol. The minimum absolute atomic E-state index is 0.222. The molecule has 10 heteroatoms. The molecule has 4 rings (SSSR count). The van der Waals surface area contributed by atoms with Crippen LogP contribution in [-0.2, 0) is 14.8 Å². The van der Waals surface area contributed by atoms with Crippen molar-refractivity contribution in [1.29, 1.82) is 0 Å². The monoisotopic (exact) mass is 483 g/mol. The number of rotatable bonds is 7. The lowest BCUT2D eigenvalue weighted by atomic mass is 10.1. The number of hydrogen-bond acceptors (Lipinski definition) is 8. The molecule has 0 unspecified atom stereocenters. The lowest BCUT2D eigenvalue weighted by molar-refractivity contribution is 0.122. The summed E-state index contributed by atoms with van der Waals surface area (Å²) in [5, 5.41) is 3.28. The van der Waals surface area contributed by atoms with Gasteiger partial charge in [-0.25, -0.2) is 13.4 Å². The number of aromatic nitrogens is 2. The predicted octanol–water partition coefficient (Wildman–Crippen LogP) is 3.79. The third-order valence-corrected chi connectivity index (χ3v) is 7.27. The number of nitrogens with zero attached hydrogens (tertiary/aromatic N) is 3. The van der Waals surface area contributed by atoms with E-state index in [1.54, 1.807) is 50.4 Å². The van der Waals surface area contributed by atoms with Gasteiger partial charge in [-0.1, -0.05) is 0 Å². The highest BCUT2D eigenvalue weighted by Gasteiger charge is 2.20. The van der Waals surface area contributed by atoms with E-state index >= 15 is 0 Å². The Hall–Kier alpha value is -3.37. The second kappa shape index (κ2) is 9.86. The largest absolute Gasteiger partial charge is 0.496 e. The van der Waals surface area contributed by atoms with Crippen molar-refractivity contribution in [1.82, 2.24) is 9.97 Å². The minimum atomic E-state index is -3.75. The molecule has 3 aromatic rings. The Bertz CT molecular complexity index is 1270. The van der Waals surface area contributed by atoms with E-state index in [0.29, 0.717) is 42.0 Å². The molecular formula is C24H29N5O4S. The van der Waals surface area contributed by atoms with Crippen LogP contribution in [0.1, 0.15) is 16.8 Å². The Kier molecular flexibility index (Phi) is 6.90. The zero-order chi connectivity index (χ0) is 24.3. The van der Waals surface area contributed by atoms with E-state index in [1.807, 2.05) is 19.9 Å². The van der Waals surface area contributed by atoms with Crippen LogP contribution < -0.4 is 19.7 Å². The standard InChI is InChI=1S/C24H29N5O4S/c1-16-15-23(27-24(25-16)29-11-13-33-14-12-29)26-19-5-7-20(8-6-19)28-34(30,31)22-10-9-21(32-4)17(2)18(22)3/h5-10,15,28H,11-14H2,1-4H3,(H,25,26,27). The van der Waals surface area contributed by atoms with Crippen LogP contribution in [-0.4, -0.2) is 51.8 Å². The van der Waals surface area contributed by atoms with E-state index in [9.17, 15) is 8.42 Å². The number of anilines is 4. The molecule has 1 aliphatic heterocycles. The number of hydrogen-bond donors (Lipinski definition) is 2. The topological polar surface area (TPSA) is 106 Å². The average Bonchev–Trinajstić information content (AvgIpc) is 2.82. The Morgan fingerprint density at radius 2 is 1.62 bits per heavy atom. The smallest absolute Gasteiger partial charge is 0.262 e. The first-order valence-electron chi connectivity index (χ1n) is 11.0. The highest BCUT2D eigenvalue weighted by molar-refractivity contribution is 7.92. The maximum absolute atomic E-state index is 13.0. The lowest BCUT2D eigenvalue weighted by Crippen LogP contribution is -2.37. The van der Waals surface area contributed by atoms with Crippen molar-refractivity contribution in [2.24, 2.45) is 0 Å². The summed E-state index contributed by atoms with van der Waals surface area (Å²) < 4.78 is 39.3. The highest BCUT2D eigenvalue weighted by Crippen LogP contribution is 2.28. The van der Waals surface area contributed by atoms with Gasteiger partial charge in [0.2, 0.25) is 5.95 Å². The SMILES string of the molecule is COc1ccc(S(=O)(=O)Nc2ccc(Nc3cc(C)nc(N4CCOCC4)n3)cc2)c(C)c1C. The number of aryl methyl sites for hydroxylation is 1. The van der Waals surface area contributed by atoms with Crippen LogP contribution in [0.25, 0.3) is 0 Å². The second-order valence-corrected chi connectivity index (χ2v) is 9.77. The van der Waals surface area contributed by atoms with Crippen molar-refractivity contribution in [2.75, 3.05) is 48.4 Å². The van der Waals surface area contributed by atoms with Gasteiger partial charge in [-0.2, -0.15) is 4.98 Å². The van der Waals surface area contributed by atoms with Gasteiger partial charge in [-0.3, -0.25) is 4.72 Å². The van der Waals surface area contributed by atoms with Gasteiger partial charge in [-0.05, 0) is 68.3 Å². The molecule has 180 valence electrons. The molecule has 2 heterocycles. The average molecular weight is 484 g/mol. The summed E-state index contributed by atoms with van der Waals surface area (Å²) >= 11 is 0. The summed E-state index contributed by atoms with van der Waals surface area (Å²) in [4.78, 5) is 11.5. The number of ether oxygens (including phenoxy) is 2. The fraction of sp³-hybridized carbons (Fsp3) is 0.333. The van der Waals surface area contributed by atoms with Crippen LogP contribution in [0, 0.1) is 20.8 Å². The third-order valence-electron chi connectivity index (χ3n) is 5.74. The van der Waals surface area contributed by atoms with Crippen molar-refractivity contribution in [3.05, 3.63) is 59.3 Å². The van der Waals surface area contributed by atoms with Crippen molar-refractivity contribution in [3.8, 4) is 5.75 Å². The van der Waals surface area contributed by atoms with Crippen LogP contribution in [0.15, 0.2) is 47.4 Å². The zero-order valence-corrected chi connectivity index (χ0v) is 20.6. The minimum Gasteiger partial charge on any atom is -0.496 e. The van der Waals surface area contributed by atoms with E-state index in [2.05, 4.69) is 24.9 Å². The molecular weight excluding hydrogens is 454 g/mol. The van der Waals surface area contributed by atoms with Gasteiger partial charge in [-0.15, -0.1) is 0 Å². The molecule has 9 nitrogen and oxygen atoms in total. The number of methoxy groups -OCH3 is 1. The third kappa shape index (κ3) is 5.23. The summed E-state index contributed by atoms with van der Waals surface area (Å²) in [5.74, 6) is 2.00. The van der Waals surface area contributed by atoms with Crippen molar-refractivity contribution in [2.45, 2.75) is 25.7 Å². The van der Waals surface area contributed by atoms with Gasteiger partial charge in [0.05, 0.1) is 25.2 Å². The number of benzene rings is 2. The number of morpholine rings is 1. The second-order valence-electron chi connectivity index (χ2n) is 8.12. The van der Waals surface area contributed by atoms with Crippen LogP contribution >= 0.6 is 0 Å². The van der Waals surface area contributed by atoms with Crippen molar-refractivity contribution in [3.63, 3.8) is 0 Å². The quantitative estimate of drug-likeness (QED) is 0.523. The Morgan fingerprint density at radius 1 is 0.941 bits per heavy atom. The van der Waals surface area contributed by atoms with E-state index < -0.39 is 10.0 Å². The molecule has 2 N–H and O–H groups in total. The molecule has 0 bridgehead atoms. The van der Waals surface area contributed by atoms with Crippen molar-refractivity contribution < 1.29 is 17.9 Å². The Labute approximate surface area is 200 Å².